The number of rotatable bonds is 7. The van der Waals surface area contributed by atoms with Crippen molar-refractivity contribution in [2.45, 2.75) is 51.2 Å². The van der Waals surface area contributed by atoms with Gasteiger partial charge in [0.1, 0.15) is 0 Å². The first-order chi connectivity index (χ1) is 8.84. The average molecular weight is 250 g/mol. The summed E-state index contributed by atoms with van der Waals surface area (Å²) in [7, 11) is 2.06. The van der Waals surface area contributed by atoms with Crippen LogP contribution >= 0.6 is 0 Å². The SMILES string of the molecule is Cn1ccc(CNCCCOC2CCCCC2)c1. The number of ether oxygens (including phenoxy) is 1. The van der Waals surface area contributed by atoms with Crippen molar-refractivity contribution in [1.82, 2.24) is 9.88 Å². The molecule has 1 aliphatic rings. The predicted molar refractivity (Wildman–Crippen MR) is 74.6 cm³/mol. The van der Waals surface area contributed by atoms with Gasteiger partial charge in [-0.05, 0) is 37.4 Å². The lowest BCUT2D eigenvalue weighted by atomic mass is 9.98. The largest absolute Gasteiger partial charge is 0.378 e. The first-order valence-corrected chi connectivity index (χ1v) is 7.28. The Bertz CT molecular complexity index is 329. The minimum atomic E-state index is 0.549. The maximum absolute atomic E-state index is 5.90. The molecule has 1 saturated carbocycles. The molecule has 102 valence electrons. The topological polar surface area (TPSA) is 26.2 Å². The van der Waals surface area contributed by atoms with E-state index in [2.05, 4.69) is 35.4 Å². The molecule has 1 aliphatic carbocycles. The Balaban J connectivity index is 1.46. The molecule has 3 nitrogen and oxygen atoms in total. The molecule has 0 aromatic carbocycles. The molecular formula is C15H26N2O. The molecule has 2 rings (SSSR count). The van der Waals surface area contributed by atoms with Crippen LogP contribution in [0.3, 0.4) is 0 Å². The van der Waals surface area contributed by atoms with Gasteiger partial charge >= 0.3 is 0 Å². The van der Waals surface area contributed by atoms with Gasteiger partial charge in [-0.1, -0.05) is 19.3 Å². The first-order valence-electron chi connectivity index (χ1n) is 7.28. The van der Waals surface area contributed by atoms with Crippen LogP contribution in [0.1, 0.15) is 44.1 Å². The molecule has 0 amide bonds. The van der Waals surface area contributed by atoms with Gasteiger partial charge in [0.2, 0.25) is 0 Å². The smallest absolute Gasteiger partial charge is 0.0575 e. The highest BCUT2D eigenvalue weighted by Gasteiger charge is 2.12. The lowest BCUT2D eigenvalue weighted by Gasteiger charge is -2.21. The van der Waals surface area contributed by atoms with E-state index >= 15 is 0 Å². The Kier molecular flexibility index (Phi) is 5.75. The maximum Gasteiger partial charge on any atom is 0.0575 e. The fourth-order valence-corrected chi connectivity index (χ4v) is 2.58. The van der Waals surface area contributed by atoms with Crippen LogP contribution in [-0.4, -0.2) is 23.8 Å². The van der Waals surface area contributed by atoms with Crippen LogP contribution in [0.2, 0.25) is 0 Å². The minimum absolute atomic E-state index is 0.549. The summed E-state index contributed by atoms with van der Waals surface area (Å²) in [6.45, 7) is 2.92. The van der Waals surface area contributed by atoms with Crippen molar-refractivity contribution in [3.8, 4) is 0 Å². The van der Waals surface area contributed by atoms with Crippen LogP contribution in [0.15, 0.2) is 18.5 Å². The predicted octanol–water partition coefficient (Wildman–Crippen LogP) is 2.85. The van der Waals surface area contributed by atoms with Crippen molar-refractivity contribution in [1.29, 1.82) is 0 Å². The molecule has 0 spiro atoms. The second-order valence-corrected chi connectivity index (χ2v) is 5.35. The van der Waals surface area contributed by atoms with Gasteiger partial charge in [-0.15, -0.1) is 0 Å². The molecule has 0 unspecified atom stereocenters. The number of nitrogens with zero attached hydrogens (tertiary/aromatic N) is 1. The normalized spacial score (nSPS) is 17.2. The Morgan fingerprint density at radius 3 is 2.89 bits per heavy atom. The zero-order valence-electron chi connectivity index (χ0n) is 11.5. The van der Waals surface area contributed by atoms with Crippen molar-refractivity contribution >= 4 is 0 Å². The van der Waals surface area contributed by atoms with Crippen molar-refractivity contribution in [2.75, 3.05) is 13.2 Å². The summed E-state index contributed by atoms with van der Waals surface area (Å²) in [5.41, 5.74) is 1.35. The van der Waals surface area contributed by atoms with Gasteiger partial charge in [0.05, 0.1) is 6.10 Å². The van der Waals surface area contributed by atoms with Gasteiger partial charge in [0.15, 0.2) is 0 Å². The van der Waals surface area contributed by atoms with E-state index in [9.17, 15) is 0 Å². The van der Waals surface area contributed by atoms with Crippen LogP contribution in [0.5, 0.6) is 0 Å². The second kappa shape index (κ2) is 7.59. The molecule has 0 aliphatic heterocycles. The monoisotopic (exact) mass is 250 g/mol. The zero-order valence-corrected chi connectivity index (χ0v) is 11.5. The molecule has 0 bridgehead atoms. The summed E-state index contributed by atoms with van der Waals surface area (Å²) in [5.74, 6) is 0. The Labute approximate surface area is 111 Å². The Hall–Kier alpha value is -0.800. The highest BCUT2D eigenvalue weighted by atomic mass is 16.5. The standard InChI is InChI=1S/C15H26N2O/c1-17-10-8-14(13-17)12-16-9-5-11-18-15-6-3-2-4-7-15/h8,10,13,15-16H,2-7,9,11-12H2,1H3. The highest BCUT2D eigenvalue weighted by Crippen LogP contribution is 2.20. The molecule has 3 heteroatoms. The Morgan fingerprint density at radius 1 is 1.33 bits per heavy atom. The zero-order chi connectivity index (χ0) is 12.6. The lowest BCUT2D eigenvalue weighted by molar-refractivity contribution is 0.0273. The molecule has 1 aromatic rings. The molecule has 1 N–H and O–H groups in total. The molecule has 1 aromatic heterocycles. The summed E-state index contributed by atoms with van der Waals surface area (Å²) in [4.78, 5) is 0. The van der Waals surface area contributed by atoms with E-state index < -0.39 is 0 Å². The van der Waals surface area contributed by atoms with Gasteiger partial charge in [0, 0.05) is 32.6 Å². The fourth-order valence-electron chi connectivity index (χ4n) is 2.58. The number of aryl methyl sites for hydroxylation is 1. The first kappa shape index (κ1) is 13.6. The van der Waals surface area contributed by atoms with Crippen LogP contribution in [0.4, 0.5) is 0 Å². The van der Waals surface area contributed by atoms with Crippen LogP contribution in [0, 0.1) is 0 Å². The molecule has 1 heterocycles. The number of nitrogens with one attached hydrogen (secondary N) is 1. The second-order valence-electron chi connectivity index (χ2n) is 5.35. The summed E-state index contributed by atoms with van der Waals surface area (Å²) in [5, 5.41) is 3.46. The molecular weight excluding hydrogens is 224 g/mol. The highest BCUT2D eigenvalue weighted by molar-refractivity contribution is 5.09. The van der Waals surface area contributed by atoms with E-state index in [4.69, 9.17) is 4.74 Å². The van der Waals surface area contributed by atoms with Gasteiger partial charge in [0.25, 0.3) is 0 Å². The van der Waals surface area contributed by atoms with E-state index in [-0.39, 0.29) is 0 Å². The van der Waals surface area contributed by atoms with Crippen molar-refractivity contribution < 1.29 is 4.74 Å². The molecule has 0 atom stereocenters. The summed E-state index contributed by atoms with van der Waals surface area (Å²) < 4.78 is 7.98. The van der Waals surface area contributed by atoms with E-state index in [1.807, 2.05) is 0 Å². The van der Waals surface area contributed by atoms with E-state index in [0.29, 0.717) is 6.10 Å². The molecule has 0 saturated heterocycles. The van der Waals surface area contributed by atoms with Crippen molar-refractivity contribution in [3.63, 3.8) is 0 Å². The molecule has 0 radical (unpaired) electrons. The summed E-state index contributed by atoms with van der Waals surface area (Å²) >= 11 is 0. The lowest BCUT2D eigenvalue weighted by Crippen LogP contribution is -2.20. The van der Waals surface area contributed by atoms with Crippen LogP contribution in [-0.2, 0) is 18.3 Å². The van der Waals surface area contributed by atoms with Crippen LogP contribution < -0.4 is 5.32 Å². The maximum atomic E-state index is 5.90. The van der Waals surface area contributed by atoms with Crippen LogP contribution in [0.25, 0.3) is 0 Å². The fraction of sp³-hybridized carbons (Fsp3) is 0.733. The Morgan fingerprint density at radius 2 is 2.17 bits per heavy atom. The molecule has 18 heavy (non-hydrogen) atoms. The summed E-state index contributed by atoms with van der Waals surface area (Å²) in [6.07, 6.45) is 12.6. The van der Waals surface area contributed by atoms with Gasteiger partial charge in [-0.25, -0.2) is 0 Å². The van der Waals surface area contributed by atoms with Crippen molar-refractivity contribution in [2.24, 2.45) is 7.05 Å². The quantitative estimate of drug-likeness (QED) is 0.753. The third-order valence-electron chi connectivity index (χ3n) is 3.63. The van der Waals surface area contributed by atoms with E-state index in [0.717, 1.165) is 26.1 Å². The number of aromatic nitrogens is 1. The third kappa shape index (κ3) is 4.83. The molecule has 1 fully saturated rings. The third-order valence-corrected chi connectivity index (χ3v) is 3.63. The van der Waals surface area contributed by atoms with E-state index in [1.165, 1.54) is 37.7 Å². The van der Waals surface area contributed by atoms with E-state index in [1.54, 1.807) is 0 Å². The van der Waals surface area contributed by atoms with Crippen molar-refractivity contribution in [3.05, 3.63) is 24.0 Å². The average Bonchev–Trinajstić information content (AvgIpc) is 2.81. The number of hydrogen-bond donors (Lipinski definition) is 1. The van der Waals surface area contributed by atoms with Gasteiger partial charge in [-0.3, -0.25) is 0 Å². The minimum Gasteiger partial charge on any atom is -0.378 e. The summed E-state index contributed by atoms with van der Waals surface area (Å²) in [6, 6.07) is 2.16. The number of hydrogen-bond acceptors (Lipinski definition) is 2. The van der Waals surface area contributed by atoms with Gasteiger partial charge in [-0.2, -0.15) is 0 Å². The van der Waals surface area contributed by atoms with Gasteiger partial charge < -0.3 is 14.6 Å².